The first-order valence-corrected chi connectivity index (χ1v) is 6.33. The molecule has 0 aromatic carbocycles. The van der Waals surface area contributed by atoms with Gasteiger partial charge in [-0.2, -0.15) is 0 Å². The van der Waals surface area contributed by atoms with Crippen molar-refractivity contribution in [3.05, 3.63) is 0 Å². The number of esters is 1. The summed E-state index contributed by atoms with van der Waals surface area (Å²) in [7, 11) is -3.76. The van der Waals surface area contributed by atoms with Gasteiger partial charge in [-0.3, -0.25) is 4.79 Å². The van der Waals surface area contributed by atoms with E-state index in [1.165, 1.54) is 0 Å². The van der Waals surface area contributed by atoms with Crippen LogP contribution in [-0.2, 0) is 19.4 Å². The standard InChI is InChI=1S/C8H14F2O4S/c1-2-4-14-8(11)6-15(12,13)5-3-7(9)10/h7H,2-6H2,1H3. The second-order valence-corrected chi connectivity index (χ2v) is 5.18. The highest BCUT2D eigenvalue weighted by atomic mass is 32.2. The maximum Gasteiger partial charge on any atom is 0.321 e. The smallest absolute Gasteiger partial charge is 0.321 e. The predicted octanol–water partition coefficient (Wildman–Crippen LogP) is 1.01. The summed E-state index contributed by atoms with van der Waals surface area (Å²) in [6.45, 7) is 1.90. The quantitative estimate of drug-likeness (QED) is 0.627. The molecule has 7 heteroatoms. The number of sulfone groups is 1. The number of alkyl halides is 2. The van der Waals surface area contributed by atoms with Crippen LogP contribution in [-0.4, -0.2) is 38.9 Å². The first-order valence-electron chi connectivity index (χ1n) is 4.51. The number of ether oxygens (including phenoxy) is 1. The summed E-state index contributed by atoms with van der Waals surface area (Å²) in [6, 6.07) is 0. The summed E-state index contributed by atoms with van der Waals surface area (Å²) in [4.78, 5) is 10.9. The van der Waals surface area contributed by atoms with E-state index in [0.29, 0.717) is 6.42 Å². The van der Waals surface area contributed by atoms with E-state index < -0.39 is 40.2 Å². The lowest BCUT2D eigenvalue weighted by atomic mass is 10.5. The van der Waals surface area contributed by atoms with Crippen molar-refractivity contribution in [2.45, 2.75) is 26.2 Å². The molecule has 0 unspecified atom stereocenters. The molecule has 0 spiro atoms. The maximum atomic E-state index is 11.7. The zero-order valence-electron chi connectivity index (χ0n) is 8.41. The van der Waals surface area contributed by atoms with E-state index in [9.17, 15) is 22.0 Å². The number of carbonyl (C=O) groups is 1. The summed E-state index contributed by atoms with van der Waals surface area (Å²) in [5.74, 6) is -2.39. The molecule has 4 nitrogen and oxygen atoms in total. The van der Waals surface area contributed by atoms with E-state index in [-0.39, 0.29) is 6.61 Å². The monoisotopic (exact) mass is 244 g/mol. The molecule has 0 rings (SSSR count). The molecule has 90 valence electrons. The van der Waals surface area contributed by atoms with Crippen molar-refractivity contribution in [3.63, 3.8) is 0 Å². The van der Waals surface area contributed by atoms with Crippen molar-refractivity contribution in [3.8, 4) is 0 Å². The molecule has 0 aliphatic heterocycles. The number of rotatable bonds is 7. The number of halogens is 2. The SMILES string of the molecule is CCCOC(=O)CS(=O)(=O)CCC(F)F. The highest BCUT2D eigenvalue weighted by Gasteiger charge is 2.19. The Hall–Kier alpha value is -0.720. The number of hydrogen-bond acceptors (Lipinski definition) is 4. The molecule has 0 heterocycles. The first-order chi connectivity index (χ1) is 6.87. The van der Waals surface area contributed by atoms with Crippen molar-refractivity contribution < 1.29 is 26.7 Å². The zero-order valence-corrected chi connectivity index (χ0v) is 9.23. The number of hydrogen-bond donors (Lipinski definition) is 0. The molecule has 0 amide bonds. The topological polar surface area (TPSA) is 60.4 Å². The van der Waals surface area contributed by atoms with Crippen LogP contribution >= 0.6 is 0 Å². The third kappa shape index (κ3) is 8.29. The predicted molar refractivity (Wildman–Crippen MR) is 50.5 cm³/mol. The molecule has 0 N–H and O–H groups in total. The summed E-state index contributed by atoms with van der Waals surface area (Å²) in [5.41, 5.74) is 0. The Morgan fingerprint density at radius 3 is 2.47 bits per heavy atom. The van der Waals surface area contributed by atoms with Gasteiger partial charge in [0.1, 0.15) is 5.75 Å². The lowest BCUT2D eigenvalue weighted by Crippen LogP contribution is -2.22. The Labute approximate surface area is 87.5 Å². The highest BCUT2D eigenvalue weighted by Crippen LogP contribution is 2.03. The molecule has 0 aliphatic rings. The molecule has 0 radical (unpaired) electrons. The van der Waals surface area contributed by atoms with Gasteiger partial charge in [0.25, 0.3) is 0 Å². The Balaban J connectivity index is 3.97. The molecule has 0 saturated carbocycles. The number of carbonyl (C=O) groups excluding carboxylic acids is 1. The first kappa shape index (κ1) is 14.3. The van der Waals surface area contributed by atoms with Crippen LogP contribution in [0.15, 0.2) is 0 Å². The molecule has 0 aromatic heterocycles. The van der Waals surface area contributed by atoms with Gasteiger partial charge < -0.3 is 4.74 Å². The molecule has 0 bridgehead atoms. The van der Waals surface area contributed by atoms with E-state index in [0.717, 1.165) is 0 Å². The van der Waals surface area contributed by atoms with Gasteiger partial charge in [0.05, 0.1) is 12.4 Å². The van der Waals surface area contributed by atoms with Crippen molar-refractivity contribution >= 4 is 15.8 Å². The molecule has 15 heavy (non-hydrogen) atoms. The average molecular weight is 244 g/mol. The Morgan fingerprint density at radius 2 is 2.00 bits per heavy atom. The fourth-order valence-electron chi connectivity index (χ4n) is 0.778. The third-order valence-corrected chi connectivity index (χ3v) is 2.99. The van der Waals surface area contributed by atoms with Crippen LogP contribution in [0.5, 0.6) is 0 Å². The average Bonchev–Trinajstić information content (AvgIpc) is 2.11. The van der Waals surface area contributed by atoms with Gasteiger partial charge in [-0.1, -0.05) is 6.92 Å². The van der Waals surface area contributed by atoms with Gasteiger partial charge in [0, 0.05) is 6.42 Å². The second kappa shape index (κ2) is 6.71. The fourth-order valence-corrected chi connectivity index (χ4v) is 1.90. The highest BCUT2D eigenvalue weighted by molar-refractivity contribution is 7.92. The minimum Gasteiger partial charge on any atom is -0.465 e. The van der Waals surface area contributed by atoms with Gasteiger partial charge in [-0.25, -0.2) is 17.2 Å². The largest absolute Gasteiger partial charge is 0.465 e. The van der Waals surface area contributed by atoms with Crippen LogP contribution in [0.4, 0.5) is 8.78 Å². The minimum absolute atomic E-state index is 0.142. The van der Waals surface area contributed by atoms with Crippen LogP contribution < -0.4 is 0 Å². The molecular formula is C8H14F2O4S. The summed E-state index contributed by atoms with van der Waals surface area (Å²) in [5, 5.41) is 0. The lowest BCUT2D eigenvalue weighted by Gasteiger charge is -2.04. The zero-order chi connectivity index (χ0) is 11.9. The van der Waals surface area contributed by atoms with Crippen LogP contribution in [0.3, 0.4) is 0 Å². The molecule has 0 aliphatic carbocycles. The molecule has 0 fully saturated rings. The Kier molecular flexibility index (Phi) is 6.38. The van der Waals surface area contributed by atoms with E-state index in [1.54, 1.807) is 6.92 Å². The minimum atomic E-state index is -3.76. The summed E-state index contributed by atoms with van der Waals surface area (Å²) in [6.07, 6.45) is -2.84. The molecular weight excluding hydrogens is 230 g/mol. The molecule has 0 aromatic rings. The van der Waals surface area contributed by atoms with Crippen LogP contribution in [0.2, 0.25) is 0 Å². The Bertz CT molecular complexity index is 287. The normalized spacial score (nSPS) is 11.7. The summed E-state index contributed by atoms with van der Waals surface area (Å²) < 4.78 is 50.1. The van der Waals surface area contributed by atoms with Crippen molar-refractivity contribution in [2.24, 2.45) is 0 Å². The van der Waals surface area contributed by atoms with Gasteiger partial charge in [0.2, 0.25) is 6.43 Å². The van der Waals surface area contributed by atoms with E-state index in [1.807, 2.05) is 0 Å². The van der Waals surface area contributed by atoms with E-state index >= 15 is 0 Å². The van der Waals surface area contributed by atoms with E-state index in [2.05, 4.69) is 4.74 Å². The van der Waals surface area contributed by atoms with Gasteiger partial charge in [0.15, 0.2) is 9.84 Å². The van der Waals surface area contributed by atoms with Gasteiger partial charge >= 0.3 is 5.97 Å². The van der Waals surface area contributed by atoms with Crippen LogP contribution in [0.1, 0.15) is 19.8 Å². The Morgan fingerprint density at radius 1 is 1.40 bits per heavy atom. The molecule has 0 saturated heterocycles. The summed E-state index contributed by atoms with van der Waals surface area (Å²) >= 11 is 0. The second-order valence-electron chi connectivity index (χ2n) is 2.99. The van der Waals surface area contributed by atoms with Crippen molar-refractivity contribution in [2.75, 3.05) is 18.1 Å². The van der Waals surface area contributed by atoms with Gasteiger partial charge in [-0.05, 0) is 6.42 Å². The third-order valence-electron chi connectivity index (χ3n) is 1.45. The van der Waals surface area contributed by atoms with Crippen LogP contribution in [0, 0.1) is 0 Å². The van der Waals surface area contributed by atoms with E-state index in [4.69, 9.17) is 0 Å². The van der Waals surface area contributed by atoms with Crippen molar-refractivity contribution in [1.29, 1.82) is 0 Å². The lowest BCUT2D eigenvalue weighted by molar-refractivity contribution is -0.140. The van der Waals surface area contributed by atoms with Crippen LogP contribution in [0.25, 0.3) is 0 Å². The van der Waals surface area contributed by atoms with Gasteiger partial charge in [-0.15, -0.1) is 0 Å². The molecule has 0 atom stereocenters. The van der Waals surface area contributed by atoms with Crippen molar-refractivity contribution in [1.82, 2.24) is 0 Å². The maximum absolute atomic E-state index is 11.7. The fraction of sp³-hybridized carbons (Fsp3) is 0.875.